The molecule has 3 aromatic rings. The Bertz CT molecular complexity index is 798. The van der Waals surface area contributed by atoms with Gasteiger partial charge in [0, 0.05) is 18.7 Å². The summed E-state index contributed by atoms with van der Waals surface area (Å²) in [7, 11) is 0. The third kappa shape index (κ3) is 3.93. The fraction of sp³-hybridized carbons (Fsp3) is 0.222. The molecule has 23 heavy (non-hydrogen) atoms. The van der Waals surface area contributed by atoms with Crippen molar-refractivity contribution in [2.45, 2.75) is 24.5 Å². The van der Waals surface area contributed by atoms with E-state index in [-0.39, 0.29) is 5.91 Å². The average molecular weight is 325 g/mol. The van der Waals surface area contributed by atoms with Crippen molar-refractivity contribution in [3.8, 4) is 0 Å². The van der Waals surface area contributed by atoms with Gasteiger partial charge in [0.25, 0.3) is 0 Å². The molecule has 0 unspecified atom stereocenters. The van der Waals surface area contributed by atoms with Crippen LogP contribution in [0.5, 0.6) is 0 Å². The molecule has 2 aromatic carbocycles. The standard InChI is InChI=1S/C18H19N3OS/c19-17(22)11-13-23-18-20-15-8-4-5-9-16(15)21(18)12-10-14-6-2-1-3-7-14/h1-9H,10-13H2,(H2,19,22). The second kappa shape index (κ2) is 7.33. The molecule has 3 rings (SSSR count). The Labute approximate surface area is 139 Å². The largest absolute Gasteiger partial charge is 0.370 e. The van der Waals surface area contributed by atoms with Crippen LogP contribution in [0, 0.1) is 0 Å². The van der Waals surface area contributed by atoms with Crippen LogP contribution in [0.3, 0.4) is 0 Å². The Hall–Kier alpha value is -2.27. The minimum absolute atomic E-state index is 0.274. The number of benzene rings is 2. The summed E-state index contributed by atoms with van der Waals surface area (Å²) in [5.74, 6) is 0.383. The molecule has 0 spiro atoms. The zero-order chi connectivity index (χ0) is 16.1. The number of nitrogens with two attached hydrogens (primary N) is 1. The second-order valence-electron chi connectivity index (χ2n) is 5.34. The molecule has 5 heteroatoms. The lowest BCUT2D eigenvalue weighted by Crippen LogP contribution is -2.11. The normalized spacial score (nSPS) is 11.0. The topological polar surface area (TPSA) is 60.9 Å². The van der Waals surface area contributed by atoms with Crippen molar-refractivity contribution in [3.05, 3.63) is 60.2 Å². The molecule has 1 amide bonds. The van der Waals surface area contributed by atoms with Crippen LogP contribution in [0.15, 0.2) is 59.8 Å². The van der Waals surface area contributed by atoms with E-state index >= 15 is 0 Å². The molecule has 0 aliphatic carbocycles. The summed E-state index contributed by atoms with van der Waals surface area (Å²) >= 11 is 1.59. The SMILES string of the molecule is NC(=O)CCSc1nc2ccccc2n1CCc1ccccc1. The van der Waals surface area contributed by atoms with E-state index in [0.29, 0.717) is 12.2 Å². The number of fused-ring (bicyclic) bond motifs is 1. The highest BCUT2D eigenvalue weighted by atomic mass is 32.2. The third-order valence-electron chi connectivity index (χ3n) is 3.67. The Morgan fingerprint density at radius 3 is 2.61 bits per heavy atom. The van der Waals surface area contributed by atoms with Gasteiger partial charge in [0.15, 0.2) is 5.16 Å². The van der Waals surface area contributed by atoms with Crippen molar-refractivity contribution in [2.24, 2.45) is 5.73 Å². The highest BCUT2D eigenvalue weighted by molar-refractivity contribution is 7.99. The van der Waals surface area contributed by atoms with Crippen molar-refractivity contribution >= 4 is 28.7 Å². The number of rotatable bonds is 7. The van der Waals surface area contributed by atoms with E-state index in [1.54, 1.807) is 11.8 Å². The molecule has 1 heterocycles. The van der Waals surface area contributed by atoms with Crippen LogP contribution in [0.25, 0.3) is 11.0 Å². The van der Waals surface area contributed by atoms with Gasteiger partial charge in [-0.05, 0) is 24.1 Å². The molecule has 118 valence electrons. The number of aromatic nitrogens is 2. The zero-order valence-corrected chi connectivity index (χ0v) is 13.6. The molecule has 0 aliphatic heterocycles. The molecule has 0 saturated carbocycles. The van der Waals surface area contributed by atoms with Crippen molar-refractivity contribution in [2.75, 3.05) is 5.75 Å². The number of thioether (sulfide) groups is 1. The van der Waals surface area contributed by atoms with Gasteiger partial charge in [0.05, 0.1) is 11.0 Å². The van der Waals surface area contributed by atoms with Gasteiger partial charge in [-0.25, -0.2) is 4.98 Å². The summed E-state index contributed by atoms with van der Waals surface area (Å²) in [5, 5.41) is 0.948. The van der Waals surface area contributed by atoms with E-state index in [2.05, 4.69) is 34.9 Å². The maximum Gasteiger partial charge on any atom is 0.218 e. The van der Waals surface area contributed by atoms with Crippen LogP contribution in [-0.4, -0.2) is 21.2 Å². The molecular weight excluding hydrogens is 306 g/mol. The minimum atomic E-state index is -0.274. The summed E-state index contributed by atoms with van der Waals surface area (Å²) in [4.78, 5) is 15.6. The van der Waals surface area contributed by atoms with Gasteiger partial charge < -0.3 is 10.3 Å². The third-order valence-corrected chi connectivity index (χ3v) is 4.64. The van der Waals surface area contributed by atoms with Gasteiger partial charge in [-0.1, -0.05) is 54.2 Å². The van der Waals surface area contributed by atoms with Gasteiger partial charge in [-0.2, -0.15) is 0 Å². The number of primary amides is 1. The lowest BCUT2D eigenvalue weighted by atomic mass is 10.1. The number of hydrogen-bond donors (Lipinski definition) is 1. The Kier molecular flexibility index (Phi) is 4.98. The van der Waals surface area contributed by atoms with E-state index in [4.69, 9.17) is 10.7 Å². The highest BCUT2D eigenvalue weighted by Crippen LogP contribution is 2.25. The van der Waals surface area contributed by atoms with E-state index < -0.39 is 0 Å². The highest BCUT2D eigenvalue weighted by Gasteiger charge is 2.11. The predicted molar refractivity (Wildman–Crippen MR) is 94.4 cm³/mol. The summed E-state index contributed by atoms with van der Waals surface area (Å²) in [6, 6.07) is 18.6. The van der Waals surface area contributed by atoms with E-state index in [0.717, 1.165) is 29.2 Å². The van der Waals surface area contributed by atoms with Crippen molar-refractivity contribution in [1.82, 2.24) is 9.55 Å². The monoisotopic (exact) mass is 325 g/mol. The van der Waals surface area contributed by atoms with Crippen LogP contribution in [0.4, 0.5) is 0 Å². The van der Waals surface area contributed by atoms with E-state index in [1.807, 2.05) is 24.3 Å². The van der Waals surface area contributed by atoms with Gasteiger partial charge in [0.1, 0.15) is 0 Å². The quantitative estimate of drug-likeness (QED) is 0.678. The number of hydrogen-bond acceptors (Lipinski definition) is 3. The summed E-state index contributed by atoms with van der Waals surface area (Å²) in [5.41, 5.74) is 8.65. The molecule has 4 nitrogen and oxygen atoms in total. The molecule has 1 aromatic heterocycles. The average Bonchev–Trinajstić information content (AvgIpc) is 2.91. The Morgan fingerprint density at radius 1 is 1.09 bits per heavy atom. The maximum atomic E-state index is 10.9. The molecule has 0 bridgehead atoms. The number of aryl methyl sites for hydroxylation is 2. The second-order valence-corrected chi connectivity index (χ2v) is 6.40. The van der Waals surface area contributed by atoms with E-state index in [1.165, 1.54) is 5.56 Å². The molecule has 0 aliphatic rings. The molecule has 2 N–H and O–H groups in total. The maximum absolute atomic E-state index is 10.9. The fourth-order valence-corrected chi connectivity index (χ4v) is 3.50. The lowest BCUT2D eigenvalue weighted by molar-refractivity contribution is -0.117. The number of amides is 1. The molecule has 0 radical (unpaired) electrons. The van der Waals surface area contributed by atoms with Gasteiger partial charge in [-0.3, -0.25) is 4.79 Å². The first-order valence-electron chi connectivity index (χ1n) is 7.64. The fourth-order valence-electron chi connectivity index (χ4n) is 2.51. The number of carbonyl (C=O) groups is 1. The Balaban J connectivity index is 1.82. The summed E-state index contributed by atoms with van der Waals surface area (Å²) in [6.45, 7) is 0.865. The first-order chi connectivity index (χ1) is 11.2. The summed E-state index contributed by atoms with van der Waals surface area (Å²) in [6.07, 6.45) is 1.32. The van der Waals surface area contributed by atoms with Crippen molar-refractivity contribution in [1.29, 1.82) is 0 Å². The van der Waals surface area contributed by atoms with Crippen LogP contribution < -0.4 is 5.73 Å². The molecule has 0 atom stereocenters. The van der Waals surface area contributed by atoms with Crippen LogP contribution in [-0.2, 0) is 17.8 Å². The molecule has 0 fully saturated rings. The Morgan fingerprint density at radius 2 is 1.83 bits per heavy atom. The smallest absolute Gasteiger partial charge is 0.218 e. The van der Waals surface area contributed by atoms with Crippen LogP contribution in [0.1, 0.15) is 12.0 Å². The number of imidazole rings is 1. The van der Waals surface area contributed by atoms with Gasteiger partial charge >= 0.3 is 0 Å². The summed E-state index contributed by atoms with van der Waals surface area (Å²) < 4.78 is 2.23. The lowest BCUT2D eigenvalue weighted by Gasteiger charge is -2.09. The van der Waals surface area contributed by atoms with Crippen molar-refractivity contribution < 1.29 is 4.79 Å². The minimum Gasteiger partial charge on any atom is -0.370 e. The molecular formula is C18H19N3OS. The van der Waals surface area contributed by atoms with Crippen molar-refractivity contribution in [3.63, 3.8) is 0 Å². The van der Waals surface area contributed by atoms with E-state index in [9.17, 15) is 4.79 Å². The molecule has 0 saturated heterocycles. The number of nitrogens with zero attached hydrogens (tertiary/aromatic N) is 2. The number of para-hydroxylation sites is 2. The van der Waals surface area contributed by atoms with Crippen LogP contribution in [0.2, 0.25) is 0 Å². The first kappa shape index (κ1) is 15.6. The van der Waals surface area contributed by atoms with Gasteiger partial charge in [0.2, 0.25) is 5.91 Å². The first-order valence-corrected chi connectivity index (χ1v) is 8.63. The van der Waals surface area contributed by atoms with Crippen LogP contribution >= 0.6 is 11.8 Å². The predicted octanol–water partition coefficient (Wildman–Crippen LogP) is 3.25. The number of carbonyl (C=O) groups excluding carboxylic acids is 1. The van der Waals surface area contributed by atoms with Gasteiger partial charge in [-0.15, -0.1) is 0 Å². The zero-order valence-electron chi connectivity index (χ0n) is 12.8.